The summed E-state index contributed by atoms with van der Waals surface area (Å²) < 4.78 is 68.8. The van der Waals surface area contributed by atoms with Gasteiger partial charge in [-0.05, 0) is 42.0 Å². The summed E-state index contributed by atoms with van der Waals surface area (Å²) in [4.78, 5) is 11.7. The molecule has 3 aromatic rings. The molecule has 0 saturated heterocycles. The number of anilines is 4. The highest BCUT2D eigenvalue weighted by molar-refractivity contribution is 5.96. The van der Waals surface area contributed by atoms with Gasteiger partial charge in [-0.25, -0.2) is 8.78 Å². The van der Waals surface area contributed by atoms with Gasteiger partial charge in [0.1, 0.15) is 23.8 Å². The van der Waals surface area contributed by atoms with Crippen LogP contribution < -0.4 is 37.3 Å². The molecular formula is C25H27F4N5O3. The average molecular weight is 522 g/mol. The van der Waals surface area contributed by atoms with Crippen LogP contribution in [0.3, 0.4) is 0 Å². The third-order valence-electron chi connectivity index (χ3n) is 5.37. The van der Waals surface area contributed by atoms with Crippen LogP contribution in [0.1, 0.15) is 15.9 Å². The number of hydrogen-bond donors (Lipinski definition) is 5. The number of primary amides is 1. The van der Waals surface area contributed by atoms with Crippen LogP contribution in [0.25, 0.3) is 0 Å². The zero-order chi connectivity index (χ0) is 27.2. The predicted octanol–water partition coefficient (Wildman–Crippen LogP) is 4.33. The molecule has 2 unspecified atom stereocenters. The Balaban J connectivity index is 1.74. The minimum atomic E-state index is -4.27. The summed E-state index contributed by atoms with van der Waals surface area (Å²) in [6, 6.07) is 10.6. The second-order valence-corrected chi connectivity index (χ2v) is 8.07. The zero-order valence-corrected chi connectivity index (χ0v) is 19.8. The van der Waals surface area contributed by atoms with Gasteiger partial charge in [-0.2, -0.15) is 8.78 Å². The molecule has 3 rings (SSSR count). The Labute approximate surface area is 210 Å². The lowest BCUT2D eigenvalue weighted by molar-refractivity contribution is -0.0735. The molecular weight excluding hydrogens is 494 g/mol. The van der Waals surface area contributed by atoms with E-state index in [0.717, 1.165) is 0 Å². The fourth-order valence-electron chi connectivity index (χ4n) is 3.35. The number of nitrogens with one attached hydrogen (secondary N) is 2. The SMILES string of the molecule is COc1ccc(COc2cc(C(N)=O)cc(N)c2NCC(F)C(F)C(F)(F)Nc2ccccc2N)cc1. The number of methoxy groups -OCH3 is 1. The van der Waals surface area contributed by atoms with Crippen molar-refractivity contribution in [3.05, 3.63) is 71.8 Å². The maximum atomic E-state index is 14.6. The first-order valence-corrected chi connectivity index (χ1v) is 11.0. The van der Waals surface area contributed by atoms with Crippen molar-refractivity contribution in [2.75, 3.05) is 35.8 Å². The number of nitrogens with two attached hydrogens (primary N) is 3. The van der Waals surface area contributed by atoms with Gasteiger partial charge in [0.15, 0.2) is 6.17 Å². The molecule has 2 atom stereocenters. The summed E-state index contributed by atoms with van der Waals surface area (Å²) >= 11 is 0. The van der Waals surface area contributed by atoms with E-state index >= 15 is 0 Å². The predicted molar refractivity (Wildman–Crippen MR) is 134 cm³/mol. The normalized spacial score (nSPS) is 12.9. The third-order valence-corrected chi connectivity index (χ3v) is 5.37. The van der Waals surface area contributed by atoms with E-state index in [0.29, 0.717) is 11.3 Å². The largest absolute Gasteiger partial charge is 0.497 e. The topological polar surface area (TPSA) is 138 Å². The molecule has 0 heterocycles. The van der Waals surface area contributed by atoms with E-state index in [1.807, 2.05) is 0 Å². The molecule has 198 valence electrons. The summed E-state index contributed by atoms with van der Waals surface area (Å²) in [6.07, 6.45) is -5.91. The maximum Gasteiger partial charge on any atom is 0.357 e. The molecule has 0 saturated carbocycles. The monoisotopic (exact) mass is 521 g/mol. The highest BCUT2D eigenvalue weighted by atomic mass is 19.3. The van der Waals surface area contributed by atoms with Gasteiger partial charge < -0.3 is 37.3 Å². The average Bonchev–Trinajstić information content (AvgIpc) is 2.87. The van der Waals surface area contributed by atoms with Crippen LogP contribution >= 0.6 is 0 Å². The van der Waals surface area contributed by atoms with Crippen LogP contribution in [0.15, 0.2) is 60.7 Å². The number of para-hydroxylation sites is 2. The zero-order valence-electron chi connectivity index (χ0n) is 19.8. The molecule has 1 amide bonds. The minimum Gasteiger partial charge on any atom is -0.497 e. The van der Waals surface area contributed by atoms with Gasteiger partial charge >= 0.3 is 6.05 Å². The second-order valence-electron chi connectivity index (χ2n) is 8.07. The Morgan fingerprint density at radius 2 is 1.70 bits per heavy atom. The Kier molecular flexibility index (Phi) is 8.53. The molecule has 0 aromatic heterocycles. The number of carbonyl (C=O) groups excluding carboxylic acids is 1. The van der Waals surface area contributed by atoms with E-state index < -0.39 is 30.8 Å². The van der Waals surface area contributed by atoms with Crippen molar-refractivity contribution >= 4 is 28.7 Å². The Bertz CT molecular complexity index is 1230. The van der Waals surface area contributed by atoms with Crippen molar-refractivity contribution in [2.45, 2.75) is 25.0 Å². The molecule has 0 bridgehead atoms. The maximum absolute atomic E-state index is 14.6. The number of ether oxygens (including phenoxy) is 2. The highest BCUT2D eigenvalue weighted by Gasteiger charge is 2.46. The van der Waals surface area contributed by atoms with Crippen LogP contribution in [-0.2, 0) is 6.61 Å². The second kappa shape index (κ2) is 11.6. The van der Waals surface area contributed by atoms with Gasteiger partial charge in [0, 0.05) is 12.1 Å². The van der Waals surface area contributed by atoms with Crippen LogP contribution in [0.2, 0.25) is 0 Å². The van der Waals surface area contributed by atoms with Gasteiger partial charge in [0.25, 0.3) is 0 Å². The van der Waals surface area contributed by atoms with Gasteiger partial charge in [0.05, 0.1) is 24.2 Å². The number of hydrogen-bond acceptors (Lipinski definition) is 7. The Morgan fingerprint density at radius 1 is 1.03 bits per heavy atom. The molecule has 8 N–H and O–H groups in total. The fraction of sp³-hybridized carbons (Fsp3) is 0.240. The molecule has 0 aliphatic rings. The molecule has 0 spiro atoms. The lowest BCUT2D eigenvalue weighted by Gasteiger charge is -2.26. The van der Waals surface area contributed by atoms with Crippen molar-refractivity contribution in [1.29, 1.82) is 0 Å². The smallest absolute Gasteiger partial charge is 0.357 e. The lowest BCUT2D eigenvalue weighted by Crippen LogP contribution is -2.46. The molecule has 37 heavy (non-hydrogen) atoms. The van der Waals surface area contributed by atoms with Gasteiger partial charge in [0.2, 0.25) is 12.1 Å². The van der Waals surface area contributed by atoms with Crippen molar-refractivity contribution in [2.24, 2.45) is 5.73 Å². The van der Waals surface area contributed by atoms with Gasteiger partial charge in [-0.3, -0.25) is 4.79 Å². The van der Waals surface area contributed by atoms with Crippen molar-refractivity contribution in [1.82, 2.24) is 0 Å². The summed E-state index contributed by atoms with van der Waals surface area (Å²) in [6.45, 7) is -0.882. The quantitative estimate of drug-likeness (QED) is 0.136. The van der Waals surface area contributed by atoms with E-state index in [1.54, 1.807) is 29.6 Å². The lowest BCUT2D eigenvalue weighted by atomic mass is 10.1. The molecule has 8 nitrogen and oxygen atoms in total. The van der Waals surface area contributed by atoms with Crippen molar-refractivity contribution in [3.8, 4) is 11.5 Å². The molecule has 0 radical (unpaired) electrons. The first kappa shape index (κ1) is 27.2. The number of rotatable bonds is 12. The molecule has 0 fully saturated rings. The van der Waals surface area contributed by atoms with Crippen molar-refractivity contribution in [3.63, 3.8) is 0 Å². The standard InChI is InChI=1S/C25H27F4N5O3/c1-36-16-8-6-14(7-9-16)13-37-21-11-15(24(32)35)10-19(31)22(21)33-12-17(26)23(27)25(28,29)34-20-5-3-2-4-18(20)30/h2-11,17,23,33-34H,12-13,30-31H2,1H3,(H2,32,35). The van der Waals surface area contributed by atoms with Crippen molar-refractivity contribution < 1.29 is 31.8 Å². The number of alkyl halides is 4. The first-order valence-electron chi connectivity index (χ1n) is 11.0. The Morgan fingerprint density at radius 3 is 2.32 bits per heavy atom. The van der Waals surface area contributed by atoms with E-state index in [1.165, 1.54) is 43.5 Å². The number of benzene rings is 3. The van der Waals surface area contributed by atoms with Gasteiger partial charge in [-0.15, -0.1) is 0 Å². The summed E-state index contributed by atoms with van der Waals surface area (Å²) in [5.41, 5.74) is 17.2. The fourth-order valence-corrected chi connectivity index (χ4v) is 3.35. The van der Waals surface area contributed by atoms with E-state index in [2.05, 4.69) is 5.32 Å². The molecule has 0 aliphatic carbocycles. The number of amides is 1. The molecule has 3 aromatic carbocycles. The van der Waals surface area contributed by atoms with E-state index in [-0.39, 0.29) is 40.7 Å². The van der Waals surface area contributed by atoms with Crippen LogP contribution in [0.4, 0.5) is 40.3 Å². The molecule has 12 heteroatoms. The van der Waals surface area contributed by atoms with Crippen LogP contribution in [-0.4, -0.2) is 38.0 Å². The van der Waals surface area contributed by atoms with Gasteiger partial charge in [-0.1, -0.05) is 24.3 Å². The van der Waals surface area contributed by atoms with Crippen LogP contribution in [0, 0.1) is 0 Å². The Hall–Kier alpha value is -4.35. The number of carbonyl (C=O) groups is 1. The number of nitrogen functional groups attached to an aromatic ring is 2. The summed E-state index contributed by atoms with van der Waals surface area (Å²) in [7, 11) is 1.52. The molecule has 0 aliphatic heterocycles. The van der Waals surface area contributed by atoms with E-state index in [9.17, 15) is 22.4 Å². The summed E-state index contributed by atoms with van der Waals surface area (Å²) in [5, 5.41) is 4.15. The third kappa shape index (κ3) is 6.87. The number of halogens is 4. The van der Waals surface area contributed by atoms with Crippen LogP contribution in [0.5, 0.6) is 11.5 Å². The summed E-state index contributed by atoms with van der Waals surface area (Å²) in [5.74, 6) is -0.179. The highest BCUT2D eigenvalue weighted by Crippen LogP contribution is 2.35. The van der Waals surface area contributed by atoms with E-state index in [4.69, 9.17) is 26.7 Å². The first-order chi connectivity index (χ1) is 17.5. The minimum absolute atomic E-state index is 0.00382.